The molecule has 0 unspecified atom stereocenters. The van der Waals surface area contributed by atoms with Crippen LogP contribution in [0, 0.1) is 6.20 Å². The van der Waals surface area contributed by atoms with E-state index < -0.39 is 0 Å². The number of rotatable bonds is 1. The summed E-state index contributed by atoms with van der Waals surface area (Å²) in [5.41, 5.74) is 0.359. The van der Waals surface area contributed by atoms with Crippen LogP contribution in [0.2, 0.25) is 0 Å². The third-order valence-corrected chi connectivity index (χ3v) is 0.909. The fraction of sp³-hybridized carbons (Fsp3) is 0.200. The molecule has 2 N–H and O–H groups in total. The number of hydrogen-bond donors (Lipinski definition) is 2. The van der Waals surface area contributed by atoms with Crippen LogP contribution in [-0.4, -0.2) is 23.2 Å². The van der Waals surface area contributed by atoms with Gasteiger partial charge in [0.25, 0.3) is 5.91 Å². The topological polar surface area (TPSA) is 57.8 Å². The number of amides is 1. The zero-order valence-electron chi connectivity index (χ0n) is 4.93. The second kappa shape index (κ2) is 2.30. The third kappa shape index (κ3) is 1.07. The summed E-state index contributed by atoms with van der Waals surface area (Å²) in [7, 11) is 1.55. The molecule has 1 heterocycles. The highest BCUT2D eigenvalue weighted by atomic mass is 16.1. The lowest BCUT2D eigenvalue weighted by molar-refractivity contribution is 0.0958. The number of H-pyrrole nitrogens is 1. The Balaban J connectivity index is 2.77. The summed E-state index contributed by atoms with van der Waals surface area (Å²) < 4.78 is 0. The molecule has 1 aromatic rings. The van der Waals surface area contributed by atoms with Crippen LogP contribution in [0.5, 0.6) is 0 Å². The highest BCUT2D eigenvalue weighted by Crippen LogP contribution is 1.87. The van der Waals surface area contributed by atoms with E-state index in [0.29, 0.717) is 5.69 Å². The Morgan fingerprint density at radius 1 is 2.00 bits per heavy atom. The highest BCUT2D eigenvalue weighted by molar-refractivity contribution is 5.91. The SMILES string of the molecule is CNC(=O)c1c[c][nH]n1. The van der Waals surface area contributed by atoms with Crippen LogP contribution in [0.4, 0.5) is 0 Å². The number of carbonyl (C=O) groups excluding carboxylic acids is 1. The molecule has 0 aromatic carbocycles. The molecule has 0 saturated carbocycles. The van der Waals surface area contributed by atoms with Gasteiger partial charge in [0, 0.05) is 7.05 Å². The van der Waals surface area contributed by atoms with Crippen molar-refractivity contribution in [2.24, 2.45) is 0 Å². The van der Waals surface area contributed by atoms with Crippen LogP contribution in [0.1, 0.15) is 10.5 Å². The maximum atomic E-state index is 10.7. The van der Waals surface area contributed by atoms with E-state index in [9.17, 15) is 4.79 Å². The minimum Gasteiger partial charge on any atom is -0.354 e. The van der Waals surface area contributed by atoms with Crippen molar-refractivity contribution in [3.05, 3.63) is 18.0 Å². The van der Waals surface area contributed by atoms with Gasteiger partial charge in [0.2, 0.25) is 0 Å². The standard InChI is InChI=1S/C5H6N3O/c1-6-5(9)4-2-3-7-8-4/h2H,1H3,(H,6,9)(H,7,8). The molecule has 4 nitrogen and oxygen atoms in total. The molecule has 0 saturated heterocycles. The average Bonchev–Trinajstić information content (AvgIpc) is 2.37. The van der Waals surface area contributed by atoms with Gasteiger partial charge in [-0.1, -0.05) is 0 Å². The minimum atomic E-state index is -0.201. The Bertz CT molecular complexity index is 192. The van der Waals surface area contributed by atoms with E-state index in [0.717, 1.165) is 0 Å². The van der Waals surface area contributed by atoms with Crippen molar-refractivity contribution in [3.8, 4) is 0 Å². The van der Waals surface area contributed by atoms with E-state index in [1.165, 1.54) is 6.07 Å². The van der Waals surface area contributed by atoms with Gasteiger partial charge in [-0.3, -0.25) is 9.89 Å². The third-order valence-electron chi connectivity index (χ3n) is 0.909. The predicted octanol–water partition coefficient (Wildman–Crippen LogP) is -0.431. The Morgan fingerprint density at radius 3 is 3.22 bits per heavy atom. The maximum Gasteiger partial charge on any atom is 0.271 e. The smallest absolute Gasteiger partial charge is 0.271 e. The number of nitrogens with one attached hydrogen (secondary N) is 2. The van der Waals surface area contributed by atoms with Crippen molar-refractivity contribution in [2.75, 3.05) is 7.05 Å². The van der Waals surface area contributed by atoms with Gasteiger partial charge in [-0.25, -0.2) is 0 Å². The maximum absolute atomic E-state index is 10.7. The number of aromatic nitrogens is 2. The molecule has 0 atom stereocenters. The van der Waals surface area contributed by atoms with Crippen molar-refractivity contribution in [1.82, 2.24) is 15.5 Å². The summed E-state index contributed by atoms with van der Waals surface area (Å²) >= 11 is 0. The molecular weight excluding hydrogens is 118 g/mol. The molecule has 9 heavy (non-hydrogen) atoms. The monoisotopic (exact) mass is 124 g/mol. The predicted molar refractivity (Wildman–Crippen MR) is 30.8 cm³/mol. The lowest BCUT2D eigenvalue weighted by atomic mass is 10.4. The lowest BCUT2D eigenvalue weighted by Gasteiger charge is -1.89. The summed E-state index contributed by atoms with van der Waals surface area (Å²) in [6.45, 7) is 0. The number of hydrogen-bond acceptors (Lipinski definition) is 2. The van der Waals surface area contributed by atoms with Gasteiger partial charge in [-0.2, -0.15) is 5.10 Å². The molecule has 0 bridgehead atoms. The normalized spacial score (nSPS) is 9.00. The zero-order valence-corrected chi connectivity index (χ0v) is 4.93. The van der Waals surface area contributed by atoms with E-state index in [4.69, 9.17) is 0 Å². The van der Waals surface area contributed by atoms with E-state index in [2.05, 4.69) is 21.7 Å². The van der Waals surface area contributed by atoms with E-state index >= 15 is 0 Å². The second-order valence-electron chi connectivity index (χ2n) is 1.48. The molecule has 0 aliphatic heterocycles. The quantitative estimate of drug-likeness (QED) is 0.533. The molecule has 1 radical (unpaired) electrons. The van der Waals surface area contributed by atoms with E-state index in [1.54, 1.807) is 7.05 Å². The fourth-order valence-electron chi connectivity index (χ4n) is 0.470. The molecule has 0 aliphatic rings. The first-order valence-electron chi connectivity index (χ1n) is 2.48. The summed E-state index contributed by atoms with van der Waals surface area (Å²) in [5.74, 6) is -0.201. The number of nitrogens with zero attached hydrogens (tertiary/aromatic N) is 1. The van der Waals surface area contributed by atoms with E-state index in [1.807, 2.05) is 0 Å². The largest absolute Gasteiger partial charge is 0.354 e. The molecule has 47 valence electrons. The molecule has 4 heteroatoms. The van der Waals surface area contributed by atoms with Crippen LogP contribution < -0.4 is 5.32 Å². The Hall–Kier alpha value is -1.32. The van der Waals surface area contributed by atoms with Gasteiger partial charge in [-0.15, -0.1) is 0 Å². The first-order chi connectivity index (χ1) is 4.34. The molecule has 0 spiro atoms. The Kier molecular flexibility index (Phi) is 1.48. The average molecular weight is 124 g/mol. The molecule has 1 rings (SSSR count). The fourth-order valence-corrected chi connectivity index (χ4v) is 0.470. The molecule has 0 fully saturated rings. The zero-order chi connectivity index (χ0) is 6.69. The first-order valence-corrected chi connectivity index (χ1v) is 2.48. The summed E-state index contributed by atoms with van der Waals surface area (Å²) in [4.78, 5) is 10.7. The summed E-state index contributed by atoms with van der Waals surface area (Å²) in [6.07, 6.45) is 2.55. The van der Waals surface area contributed by atoms with Crippen molar-refractivity contribution >= 4 is 5.91 Å². The van der Waals surface area contributed by atoms with Crippen molar-refractivity contribution in [3.63, 3.8) is 0 Å². The lowest BCUT2D eigenvalue weighted by Crippen LogP contribution is -2.17. The van der Waals surface area contributed by atoms with Crippen LogP contribution in [0.3, 0.4) is 0 Å². The van der Waals surface area contributed by atoms with Gasteiger partial charge in [-0.05, 0) is 6.07 Å². The Morgan fingerprint density at radius 2 is 2.78 bits per heavy atom. The molecule has 1 aromatic heterocycles. The van der Waals surface area contributed by atoms with Crippen LogP contribution in [-0.2, 0) is 0 Å². The second-order valence-corrected chi connectivity index (χ2v) is 1.48. The minimum absolute atomic E-state index is 0.201. The highest BCUT2D eigenvalue weighted by Gasteiger charge is 2.02. The van der Waals surface area contributed by atoms with Crippen LogP contribution >= 0.6 is 0 Å². The van der Waals surface area contributed by atoms with Gasteiger partial charge in [0.15, 0.2) is 5.69 Å². The number of aromatic amines is 1. The Labute approximate surface area is 52.3 Å². The van der Waals surface area contributed by atoms with Crippen LogP contribution in [0.25, 0.3) is 0 Å². The molecule has 0 aliphatic carbocycles. The van der Waals surface area contributed by atoms with Gasteiger partial charge in [0.1, 0.15) is 0 Å². The van der Waals surface area contributed by atoms with Gasteiger partial charge < -0.3 is 5.32 Å². The first kappa shape index (κ1) is 5.81. The van der Waals surface area contributed by atoms with Crippen molar-refractivity contribution in [1.29, 1.82) is 0 Å². The van der Waals surface area contributed by atoms with E-state index in [-0.39, 0.29) is 5.91 Å². The van der Waals surface area contributed by atoms with Gasteiger partial charge >= 0.3 is 0 Å². The molecular formula is C5H6N3O. The van der Waals surface area contributed by atoms with Crippen molar-refractivity contribution < 1.29 is 4.79 Å². The van der Waals surface area contributed by atoms with Crippen LogP contribution in [0.15, 0.2) is 6.07 Å². The number of carbonyl (C=O) groups is 1. The van der Waals surface area contributed by atoms with Crippen molar-refractivity contribution in [2.45, 2.75) is 0 Å². The summed E-state index contributed by atoms with van der Waals surface area (Å²) in [5, 5.41) is 8.43. The summed E-state index contributed by atoms with van der Waals surface area (Å²) in [6, 6.07) is 1.48. The molecule has 1 amide bonds. The van der Waals surface area contributed by atoms with Gasteiger partial charge in [0.05, 0.1) is 6.20 Å².